The molecule has 5 nitrogen and oxygen atoms in total. The highest BCUT2D eigenvalue weighted by atomic mass is 16.2. The van der Waals surface area contributed by atoms with Gasteiger partial charge in [-0.2, -0.15) is 0 Å². The van der Waals surface area contributed by atoms with Crippen LogP contribution in [0.5, 0.6) is 0 Å². The summed E-state index contributed by atoms with van der Waals surface area (Å²) in [5, 5.41) is 5.46. The largest absolute Gasteiger partial charge is 0.354 e. The standard InChI is InChI=1S/C13H27N3O2/c1-5-6-15-12(17)10(4)16-13(18)11(8-14)7-9(2)3/h9-11H,5-8,14H2,1-4H3,(H,15,17)(H,16,18). The molecule has 4 N–H and O–H groups in total. The zero-order chi connectivity index (χ0) is 14.1. The van der Waals surface area contributed by atoms with Crippen molar-refractivity contribution in [2.45, 2.75) is 46.6 Å². The predicted molar refractivity (Wildman–Crippen MR) is 72.9 cm³/mol. The van der Waals surface area contributed by atoms with Gasteiger partial charge in [-0.15, -0.1) is 0 Å². The maximum Gasteiger partial charge on any atom is 0.242 e. The average Bonchev–Trinajstić information content (AvgIpc) is 2.32. The first-order valence-electron chi connectivity index (χ1n) is 6.70. The summed E-state index contributed by atoms with van der Waals surface area (Å²) in [5.41, 5.74) is 5.59. The molecule has 0 saturated carbocycles. The number of hydrogen-bond acceptors (Lipinski definition) is 3. The van der Waals surface area contributed by atoms with Crippen LogP contribution in [-0.2, 0) is 9.59 Å². The fourth-order valence-corrected chi connectivity index (χ4v) is 1.68. The Hall–Kier alpha value is -1.10. The first kappa shape index (κ1) is 16.9. The monoisotopic (exact) mass is 257 g/mol. The summed E-state index contributed by atoms with van der Waals surface area (Å²) < 4.78 is 0. The number of amides is 2. The minimum Gasteiger partial charge on any atom is -0.354 e. The summed E-state index contributed by atoms with van der Waals surface area (Å²) >= 11 is 0. The van der Waals surface area contributed by atoms with Crippen LogP contribution in [0.15, 0.2) is 0 Å². The molecule has 2 unspecified atom stereocenters. The smallest absolute Gasteiger partial charge is 0.242 e. The van der Waals surface area contributed by atoms with E-state index in [1.807, 2.05) is 20.8 Å². The topological polar surface area (TPSA) is 84.2 Å². The second kappa shape index (κ2) is 8.91. The van der Waals surface area contributed by atoms with Crippen LogP contribution < -0.4 is 16.4 Å². The summed E-state index contributed by atoms with van der Waals surface area (Å²) in [5.74, 6) is -0.0872. The van der Waals surface area contributed by atoms with Crippen molar-refractivity contribution in [1.82, 2.24) is 10.6 Å². The molecule has 106 valence electrons. The Morgan fingerprint density at radius 2 is 1.78 bits per heavy atom. The molecule has 0 aromatic carbocycles. The maximum absolute atomic E-state index is 11.9. The van der Waals surface area contributed by atoms with Gasteiger partial charge in [0, 0.05) is 13.1 Å². The van der Waals surface area contributed by atoms with Gasteiger partial charge >= 0.3 is 0 Å². The van der Waals surface area contributed by atoms with Crippen molar-refractivity contribution < 1.29 is 9.59 Å². The molecule has 0 fully saturated rings. The summed E-state index contributed by atoms with van der Waals surface area (Å²) in [6, 6.07) is -0.509. The second-order valence-corrected chi connectivity index (χ2v) is 5.08. The number of carbonyl (C=O) groups is 2. The van der Waals surface area contributed by atoms with E-state index in [2.05, 4.69) is 10.6 Å². The normalized spacial score (nSPS) is 14.1. The molecule has 0 aliphatic heterocycles. The molecule has 0 spiro atoms. The van der Waals surface area contributed by atoms with E-state index in [-0.39, 0.29) is 17.7 Å². The van der Waals surface area contributed by atoms with Gasteiger partial charge in [-0.3, -0.25) is 9.59 Å². The van der Waals surface area contributed by atoms with E-state index in [1.165, 1.54) is 0 Å². The molecule has 0 bridgehead atoms. The highest BCUT2D eigenvalue weighted by Gasteiger charge is 2.22. The van der Waals surface area contributed by atoms with Gasteiger partial charge in [0.05, 0.1) is 5.92 Å². The maximum atomic E-state index is 11.9. The van der Waals surface area contributed by atoms with E-state index in [9.17, 15) is 9.59 Å². The molecule has 0 aromatic rings. The van der Waals surface area contributed by atoms with Gasteiger partial charge < -0.3 is 16.4 Å². The lowest BCUT2D eigenvalue weighted by Gasteiger charge is -2.20. The SMILES string of the molecule is CCCNC(=O)C(C)NC(=O)C(CN)CC(C)C. The van der Waals surface area contributed by atoms with Crippen molar-refractivity contribution in [3.8, 4) is 0 Å². The Labute approximate surface area is 110 Å². The minimum atomic E-state index is -0.509. The minimum absolute atomic E-state index is 0.134. The molecule has 0 radical (unpaired) electrons. The van der Waals surface area contributed by atoms with Crippen molar-refractivity contribution in [1.29, 1.82) is 0 Å². The number of nitrogens with one attached hydrogen (secondary N) is 2. The molecule has 18 heavy (non-hydrogen) atoms. The zero-order valence-electron chi connectivity index (χ0n) is 12.0. The molecular weight excluding hydrogens is 230 g/mol. The van der Waals surface area contributed by atoms with Gasteiger partial charge in [0.2, 0.25) is 11.8 Å². The predicted octanol–water partition coefficient (Wildman–Crippen LogP) is 0.638. The van der Waals surface area contributed by atoms with Crippen LogP contribution in [-0.4, -0.2) is 30.9 Å². The summed E-state index contributed by atoms with van der Waals surface area (Å²) in [7, 11) is 0. The van der Waals surface area contributed by atoms with Crippen LogP contribution in [0.4, 0.5) is 0 Å². The van der Waals surface area contributed by atoms with E-state index in [0.717, 1.165) is 12.8 Å². The Kier molecular flexibility index (Phi) is 8.37. The third kappa shape index (κ3) is 6.59. The number of hydrogen-bond donors (Lipinski definition) is 3. The van der Waals surface area contributed by atoms with Gasteiger partial charge in [-0.1, -0.05) is 20.8 Å². The van der Waals surface area contributed by atoms with Crippen LogP contribution in [0.25, 0.3) is 0 Å². The first-order chi connectivity index (χ1) is 8.42. The summed E-state index contributed by atoms with van der Waals surface area (Å²) in [4.78, 5) is 23.5. The van der Waals surface area contributed by atoms with Crippen molar-refractivity contribution in [3.05, 3.63) is 0 Å². The van der Waals surface area contributed by atoms with Crippen molar-refractivity contribution in [3.63, 3.8) is 0 Å². The molecule has 0 rings (SSSR count). The third-order valence-electron chi connectivity index (χ3n) is 2.71. The van der Waals surface area contributed by atoms with E-state index in [4.69, 9.17) is 5.73 Å². The first-order valence-corrected chi connectivity index (χ1v) is 6.70. The molecule has 2 amide bonds. The Morgan fingerprint density at radius 1 is 1.17 bits per heavy atom. The molecule has 2 atom stereocenters. The number of rotatable bonds is 8. The van der Waals surface area contributed by atoms with Crippen LogP contribution in [0.1, 0.15) is 40.5 Å². The zero-order valence-corrected chi connectivity index (χ0v) is 12.0. The molecule has 0 heterocycles. The van der Waals surface area contributed by atoms with Crippen LogP contribution in [0.2, 0.25) is 0 Å². The highest BCUT2D eigenvalue weighted by molar-refractivity contribution is 5.88. The molecular formula is C13H27N3O2. The fourth-order valence-electron chi connectivity index (χ4n) is 1.68. The lowest BCUT2D eigenvalue weighted by atomic mass is 9.96. The molecule has 5 heteroatoms. The quantitative estimate of drug-likeness (QED) is 0.596. The van der Waals surface area contributed by atoms with Crippen LogP contribution in [0, 0.1) is 11.8 Å². The highest BCUT2D eigenvalue weighted by Crippen LogP contribution is 2.10. The van der Waals surface area contributed by atoms with Crippen LogP contribution in [0.3, 0.4) is 0 Å². The Morgan fingerprint density at radius 3 is 2.22 bits per heavy atom. The van der Waals surface area contributed by atoms with Crippen molar-refractivity contribution >= 4 is 11.8 Å². The van der Waals surface area contributed by atoms with Gasteiger partial charge in [-0.05, 0) is 25.7 Å². The van der Waals surface area contributed by atoms with Gasteiger partial charge in [0.25, 0.3) is 0 Å². The Bertz CT molecular complexity index is 267. The van der Waals surface area contributed by atoms with Crippen LogP contribution >= 0.6 is 0 Å². The van der Waals surface area contributed by atoms with Gasteiger partial charge in [0.1, 0.15) is 6.04 Å². The second-order valence-electron chi connectivity index (χ2n) is 5.08. The molecule has 0 aliphatic carbocycles. The van der Waals surface area contributed by atoms with E-state index < -0.39 is 6.04 Å². The summed E-state index contributed by atoms with van der Waals surface area (Å²) in [6.45, 7) is 8.71. The number of nitrogens with two attached hydrogens (primary N) is 1. The molecule has 0 saturated heterocycles. The summed E-state index contributed by atoms with van der Waals surface area (Å²) in [6.07, 6.45) is 1.62. The third-order valence-corrected chi connectivity index (χ3v) is 2.71. The van der Waals surface area contributed by atoms with Crippen molar-refractivity contribution in [2.75, 3.05) is 13.1 Å². The van der Waals surface area contributed by atoms with Gasteiger partial charge in [-0.25, -0.2) is 0 Å². The lowest BCUT2D eigenvalue weighted by Crippen LogP contribution is -2.48. The average molecular weight is 257 g/mol. The van der Waals surface area contributed by atoms with E-state index in [1.54, 1.807) is 6.92 Å². The van der Waals surface area contributed by atoms with Gasteiger partial charge in [0.15, 0.2) is 0 Å². The Balaban J connectivity index is 4.22. The number of carbonyl (C=O) groups excluding carboxylic acids is 2. The molecule has 0 aromatic heterocycles. The lowest BCUT2D eigenvalue weighted by molar-refractivity contribution is -0.130. The van der Waals surface area contributed by atoms with E-state index >= 15 is 0 Å². The fraction of sp³-hybridized carbons (Fsp3) is 0.846. The van der Waals surface area contributed by atoms with Crippen molar-refractivity contribution in [2.24, 2.45) is 17.6 Å². The molecule has 0 aliphatic rings. The van der Waals surface area contributed by atoms with E-state index in [0.29, 0.717) is 19.0 Å².